The maximum absolute atomic E-state index is 13.2. The second kappa shape index (κ2) is 7.92. The lowest BCUT2D eigenvalue weighted by Crippen LogP contribution is -2.54. The number of ether oxygens (including phenoxy) is 1. The molecule has 0 bridgehead atoms. The van der Waals surface area contributed by atoms with E-state index in [2.05, 4.69) is 4.90 Å². The van der Waals surface area contributed by atoms with E-state index in [0.29, 0.717) is 13.0 Å². The maximum atomic E-state index is 13.2. The summed E-state index contributed by atoms with van der Waals surface area (Å²) in [6.07, 6.45) is 6.38. The highest BCUT2D eigenvalue weighted by molar-refractivity contribution is 7.91. The van der Waals surface area contributed by atoms with Crippen LogP contribution in [-0.4, -0.2) is 79.6 Å². The summed E-state index contributed by atoms with van der Waals surface area (Å²) in [4.78, 5) is 17.3. The van der Waals surface area contributed by atoms with Crippen LogP contribution >= 0.6 is 0 Å². The van der Waals surface area contributed by atoms with Gasteiger partial charge in [-0.15, -0.1) is 0 Å². The minimum Gasteiger partial charge on any atom is -0.373 e. The van der Waals surface area contributed by atoms with Crippen molar-refractivity contribution in [2.75, 3.05) is 31.1 Å². The molecule has 0 aromatic carbocycles. The molecule has 1 amide bonds. The molecule has 0 N–H and O–H groups in total. The molecule has 0 unspecified atom stereocenters. The van der Waals surface area contributed by atoms with Gasteiger partial charge in [0.2, 0.25) is 5.91 Å². The Bertz CT molecular complexity index is 564. The molecule has 0 aromatic heterocycles. The highest BCUT2D eigenvalue weighted by Gasteiger charge is 2.39. The van der Waals surface area contributed by atoms with Gasteiger partial charge in [-0.1, -0.05) is 19.3 Å². The largest absolute Gasteiger partial charge is 0.373 e. The van der Waals surface area contributed by atoms with Gasteiger partial charge < -0.3 is 9.64 Å². The molecule has 2 saturated heterocycles. The lowest BCUT2D eigenvalue weighted by Gasteiger charge is -2.41. The van der Waals surface area contributed by atoms with Crippen molar-refractivity contribution in [1.82, 2.24) is 9.80 Å². The van der Waals surface area contributed by atoms with Crippen molar-refractivity contribution in [1.29, 1.82) is 0 Å². The van der Waals surface area contributed by atoms with Gasteiger partial charge in [0, 0.05) is 25.2 Å². The van der Waals surface area contributed by atoms with E-state index in [9.17, 15) is 13.2 Å². The molecular formula is C18H32N2O4S. The number of hydrogen-bond donors (Lipinski definition) is 0. The summed E-state index contributed by atoms with van der Waals surface area (Å²) in [5.41, 5.74) is 0. The normalized spacial score (nSPS) is 34.1. The van der Waals surface area contributed by atoms with E-state index in [1.54, 1.807) is 0 Å². The Morgan fingerprint density at radius 3 is 2.24 bits per heavy atom. The molecule has 0 aromatic rings. The van der Waals surface area contributed by atoms with E-state index < -0.39 is 9.84 Å². The quantitative estimate of drug-likeness (QED) is 0.747. The standard InChI is InChI=1S/C18H32N2O4S/c1-14-10-19(11-15(2)24-14)12-18(21)20(16-6-4-3-5-7-16)17-8-9-25(22,23)13-17/h14-17H,3-13H2,1-2H3/t14-,15+,17-/m0/s1. The fraction of sp³-hybridized carbons (Fsp3) is 0.944. The van der Waals surface area contributed by atoms with Crippen molar-refractivity contribution in [3.8, 4) is 0 Å². The number of carbonyl (C=O) groups excluding carboxylic acids is 1. The fourth-order valence-corrected chi connectivity index (χ4v) is 6.46. The van der Waals surface area contributed by atoms with E-state index >= 15 is 0 Å². The highest BCUT2D eigenvalue weighted by Crippen LogP contribution is 2.28. The van der Waals surface area contributed by atoms with Crippen LogP contribution in [0.1, 0.15) is 52.4 Å². The number of rotatable bonds is 4. The first-order valence-electron chi connectivity index (χ1n) is 9.73. The summed E-state index contributed by atoms with van der Waals surface area (Å²) >= 11 is 0. The van der Waals surface area contributed by atoms with Gasteiger partial charge in [0.15, 0.2) is 9.84 Å². The molecule has 6 nitrogen and oxygen atoms in total. The van der Waals surface area contributed by atoms with Gasteiger partial charge in [-0.25, -0.2) is 8.42 Å². The molecule has 7 heteroatoms. The minimum absolute atomic E-state index is 0.107. The maximum Gasteiger partial charge on any atom is 0.237 e. The zero-order chi connectivity index (χ0) is 18.0. The van der Waals surface area contributed by atoms with Crippen molar-refractivity contribution in [3.05, 3.63) is 0 Å². The molecule has 0 radical (unpaired) electrons. The van der Waals surface area contributed by atoms with Gasteiger partial charge in [0.25, 0.3) is 0 Å². The van der Waals surface area contributed by atoms with E-state index in [-0.39, 0.29) is 41.7 Å². The predicted molar refractivity (Wildman–Crippen MR) is 97.2 cm³/mol. The molecule has 3 fully saturated rings. The van der Waals surface area contributed by atoms with Crippen LogP contribution in [0.5, 0.6) is 0 Å². The second-order valence-electron chi connectivity index (χ2n) is 8.10. The third-order valence-corrected chi connectivity index (χ3v) is 7.46. The summed E-state index contributed by atoms with van der Waals surface area (Å²) < 4.78 is 29.7. The summed E-state index contributed by atoms with van der Waals surface area (Å²) in [7, 11) is -2.99. The highest BCUT2D eigenvalue weighted by atomic mass is 32.2. The van der Waals surface area contributed by atoms with E-state index in [1.165, 1.54) is 6.42 Å². The Morgan fingerprint density at radius 2 is 1.68 bits per heavy atom. The minimum atomic E-state index is -2.99. The van der Waals surface area contributed by atoms with Crippen LogP contribution in [-0.2, 0) is 19.4 Å². The molecule has 3 rings (SSSR count). The Balaban J connectivity index is 1.70. The molecule has 144 valence electrons. The summed E-state index contributed by atoms with van der Waals surface area (Å²) in [6, 6.07) is 0.0897. The topological polar surface area (TPSA) is 66.9 Å². The lowest BCUT2D eigenvalue weighted by atomic mass is 9.92. The molecule has 0 spiro atoms. The molecule has 25 heavy (non-hydrogen) atoms. The first kappa shape index (κ1) is 19.1. The number of sulfone groups is 1. The van der Waals surface area contributed by atoms with Crippen LogP contribution in [0.2, 0.25) is 0 Å². The Morgan fingerprint density at radius 1 is 1.04 bits per heavy atom. The number of morpholine rings is 1. The summed E-state index contributed by atoms with van der Waals surface area (Å²) in [6.45, 7) is 5.98. The van der Waals surface area contributed by atoms with Gasteiger partial charge in [0.1, 0.15) is 0 Å². The third-order valence-electron chi connectivity index (χ3n) is 5.71. The van der Waals surface area contributed by atoms with Crippen molar-refractivity contribution in [2.24, 2.45) is 0 Å². The van der Waals surface area contributed by atoms with E-state index in [4.69, 9.17) is 4.74 Å². The average molecular weight is 373 g/mol. The first-order valence-corrected chi connectivity index (χ1v) is 11.6. The van der Waals surface area contributed by atoms with Crippen molar-refractivity contribution in [3.63, 3.8) is 0 Å². The molecule has 3 atom stereocenters. The smallest absolute Gasteiger partial charge is 0.237 e. The van der Waals surface area contributed by atoms with Gasteiger partial charge in [-0.2, -0.15) is 0 Å². The Labute approximate surface area is 151 Å². The number of amides is 1. The van der Waals surface area contributed by atoms with Crippen LogP contribution in [0.15, 0.2) is 0 Å². The zero-order valence-electron chi connectivity index (χ0n) is 15.5. The van der Waals surface area contributed by atoms with E-state index in [0.717, 1.165) is 38.8 Å². The SMILES string of the molecule is C[C@@H]1CN(CC(=O)N(C2CCCCC2)[C@H]2CCS(=O)(=O)C2)C[C@H](C)O1. The molecule has 2 heterocycles. The lowest BCUT2D eigenvalue weighted by molar-refractivity contribution is -0.141. The van der Waals surface area contributed by atoms with Crippen molar-refractivity contribution < 1.29 is 17.9 Å². The zero-order valence-corrected chi connectivity index (χ0v) is 16.3. The summed E-state index contributed by atoms with van der Waals surface area (Å²) in [5.74, 6) is 0.473. The van der Waals surface area contributed by atoms with Crippen LogP contribution in [0.3, 0.4) is 0 Å². The molecular weight excluding hydrogens is 340 g/mol. The monoisotopic (exact) mass is 372 g/mol. The predicted octanol–water partition coefficient (Wildman–Crippen LogP) is 1.44. The molecule has 3 aliphatic rings. The second-order valence-corrected chi connectivity index (χ2v) is 10.3. The van der Waals surface area contributed by atoms with Crippen LogP contribution < -0.4 is 0 Å². The number of hydrogen-bond acceptors (Lipinski definition) is 5. The van der Waals surface area contributed by atoms with Crippen LogP contribution in [0, 0.1) is 0 Å². The molecule has 2 aliphatic heterocycles. The molecule has 1 saturated carbocycles. The van der Waals surface area contributed by atoms with Gasteiger partial charge in [-0.05, 0) is 33.1 Å². The van der Waals surface area contributed by atoms with Crippen molar-refractivity contribution >= 4 is 15.7 Å². The van der Waals surface area contributed by atoms with Gasteiger partial charge >= 0.3 is 0 Å². The van der Waals surface area contributed by atoms with Gasteiger partial charge in [0.05, 0.1) is 30.3 Å². The third kappa shape index (κ3) is 4.95. The van der Waals surface area contributed by atoms with Crippen LogP contribution in [0.4, 0.5) is 0 Å². The number of nitrogens with zero attached hydrogens (tertiary/aromatic N) is 2. The Hall–Kier alpha value is -0.660. The van der Waals surface area contributed by atoms with Crippen molar-refractivity contribution in [2.45, 2.75) is 76.7 Å². The summed E-state index contributed by atoms with van der Waals surface area (Å²) in [5, 5.41) is 0. The fourth-order valence-electron chi connectivity index (χ4n) is 4.75. The van der Waals surface area contributed by atoms with Gasteiger partial charge in [-0.3, -0.25) is 9.69 Å². The number of carbonyl (C=O) groups is 1. The Kier molecular flexibility index (Phi) is 6.06. The van der Waals surface area contributed by atoms with E-state index in [1.807, 2.05) is 18.7 Å². The van der Waals surface area contributed by atoms with Crippen LogP contribution in [0.25, 0.3) is 0 Å². The first-order chi connectivity index (χ1) is 11.8. The molecule has 1 aliphatic carbocycles. The average Bonchev–Trinajstić information content (AvgIpc) is 2.87.